The molecule has 6 heteroatoms. The summed E-state index contributed by atoms with van der Waals surface area (Å²) in [6.45, 7) is 5.52. The molecule has 1 amide bonds. The summed E-state index contributed by atoms with van der Waals surface area (Å²) < 4.78 is 0. The van der Waals surface area contributed by atoms with Crippen LogP contribution in [0.2, 0.25) is 0 Å². The first-order valence-electron chi connectivity index (χ1n) is 11.2. The summed E-state index contributed by atoms with van der Waals surface area (Å²) in [6.07, 6.45) is 5.29. The topological polar surface area (TPSA) is 69.6 Å². The molecule has 160 valence electrons. The predicted molar refractivity (Wildman–Crippen MR) is 118 cm³/mol. The molecule has 0 aliphatic carbocycles. The van der Waals surface area contributed by atoms with Crippen molar-refractivity contribution in [2.45, 2.75) is 51.4 Å². The molecule has 0 bridgehead atoms. The highest BCUT2D eigenvalue weighted by Crippen LogP contribution is 2.32. The zero-order valence-corrected chi connectivity index (χ0v) is 17.9. The number of anilines is 1. The number of piperidine rings is 1. The third-order valence-electron chi connectivity index (χ3n) is 6.33. The monoisotopic (exact) mass is 408 g/mol. The van der Waals surface area contributed by atoms with Gasteiger partial charge in [-0.25, -0.2) is 9.97 Å². The van der Waals surface area contributed by atoms with Crippen LogP contribution in [0.4, 0.5) is 5.82 Å². The number of aryl methyl sites for hydroxylation is 2. The number of fused-ring (bicyclic) bond motifs is 1. The van der Waals surface area contributed by atoms with E-state index in [1.165, 1.54) is 5.56 Å². The van der Waals surface area contributed by atoms with Gasteiger partial charge in [0.2, 0.25) is 5.91 Å². The molecule has 1 fully saturated rings. The van der Waals surface area contributed by atoms with Gasteiger partial charge >= 0.3 is 0 Å². The minimum absolute atomic E-state index is 0.171. The highest BCUT2D eigenvalue weighted by Gasteiger charge is 2.30. The van der Waals surface area contributed by atoms with Gasteiger partial charge in [0.25, 0.3) is 0 Å². The highest BCUT2D eigenvalue weighted by atomic mass is 16.3. The van der Waals surface area contributed by atoms with E-state index in [4.69, 9.17) is 9.97 Å². The molecule has 0 radical (unpaired) electrons. The lowest BCUT2D eigenvalue weighted by molar-refractivity contribution is -0.119. The van der Waals surface area contributed by atoms with Crippen LogP contribution in [0.3, 0.4) is 0 Å². The Kier molecular flexibility index (Phi) is 6.75. The number of benzene rings is 1. The summed E-state index contributed by atoms with van der Waals surface area (Å²) in [5, 5.41) is 9.29. The standard InChI is InChI=1S/C24H32N4O2/c1-18-21-11-12-22(30)28(14-5-9-19-7-3-2-4-8-19)24(21)26-23(25-18)20-10-6-13-27(17-20)15-16-29/h2-4,7-8,20,29H,5-6,9-17H2,1H3/t20-/m0/s1. The van der Waals surface area contributed by atoms with Crippen LogP contribution in [0.25, 0.3) is 0 Å². The summed E-state index contributed by atoms with van der Waals surface area (Å²) in [6, 6.07) is 10.4. The van der Waals surface area contributed by atoms with Gasteiger partial charge in [0.1, 0.15) is 11.6 Å². The molecule has 1 atom stereocenters. The maximum Gasteiger partial charge on any atom is 0.228 e. The lowest BCUT2D eigenvalue weighted by Crippen LogP contribution is -2.39. The molecule has 2 aliphatic rings. The van der Waals surface area contributed by atoms with Crippen LogP contribution >= 0.6 is 0 Å². The first kappa shape index (κ1) is 20.9. The van der Waals surface area contributed by atoms with Crippen LogP contribution in [0.1, 0.15) is 54.2 Å². The molecule has 1 aromatic heterocycles. The summed E-state index contributed by atoms with van der Waals surface area (Å²) in [4.78, 5) is 26.8. The van der Waals surface area contributed by atoms with Gasteiger partial charge in [-0.1, -0.05) is 30.3 Å². The number of aliphatic hydroxyl groups is 1. The van der Waals surface area contributed by atoms with E-state index in [-0.39, 0.29) is 18.4 Å². The fourth-order valence-corrected chi connectivity index (χ4v) is 4.71. The number of amides is 1. The van der Waals surface area contributed by atoms with Gasteiger partial charge in [-0.3, -0.25) is 9.69 Å². The van der Waals surface area contributed by atoms with E-state index in [9.17, 15) is 9.90 Å². The van der Waals surface area contributed by atoms with Crippen LogP contribution in [0.15, 0.2) is 30.3 Å². The maximum atomic E-state index is 12.8. The molecular formula is C24H32N4O2. The predicted octanol–water partition coefficient (Wildman–Crippen LogP) is 2.87. The van der Waals surface area contributed by atoms with E-state index in [0.717, 1.165) is 68.1 Å². The highest BCUT2D eigenvalue weighted by molar-refractivity contribution is 5.95. The van der Waals surface area contributed by atoms with Crippen molar-refractivity contribution in [3.63, 3.8) is 0 Å². The van der Waals surface area contributed by atoms with Gasteiger partial charge < -0.3 is 10.0 Å². The summed E-state index contributed by atoms with van der Waals surface area (Å²) in [5.41, 5.74) is 3.43. The van der Waals surface area contributed by atoms with Gasteiger partial charge in [-0.05, 0) is 51.1 Å². The van der Waals surface area contributed by atoms with E-state index in [1.54, 1.807) is 0 Å². The fraction of sp³-hybridized carbons (Fsp3) is 0.542. The Balaban J connectivity index is 1.53. The van der Waals surface area contributed by atoms with Gasteiger partial charge in [0.15, 0.2) is 0 Å². The number of β-amino-alcohol motifs (C(OH)–C–C–N with tert-alkyl or cyclic N) is 1. The minimum Gasteiger partial charge on any atom is -0.395 e. The minimum atomic E-state index is 0.171. The van der Waals surface area contributed by atoms with Crippen molar-refractivity contribution in [2.75, 3.05) is 37.7 Å². The second-order valence-corrected chi connectivity index (χ2v) is 8.47. The van der Waals surface area contributed by atoms with Gasteiger partial charge in [0, 0.05) is 43.2 Å². The molecule has 0 spiro atoms. The average molecular weight is 409 g/mol. The number of hydrogen-bond acceptors (Lipinski definition) is 5. The van der Waals surface area contributed by atoms with Crippen molar-refractivity contribution in [3.8, 4) is 0 Å². The fourth-order valence-electron chi connectivity index (χ4n) is 4.71. The lowest BCUT2D eigenvalue weighted by atomic mass is 9.96. The molecule has 6 nitrogen and oxygen atoms in total. The summed E-state index contributed by atoms with van der Waals surface area (Å²) >= 11 is 0. The second kappa shape index (κ2) is 9.67. The third kappa shape index (κ3) is 4.71. The molecule has 0 unspecified atom stereocenters. The lowest BCUT2D eigenvalue weighted by Gasteiger charge is -2.33. The van der Waals surface area contributed by atoms with Crippen molar-refractivity contribution < 1.29 is 9.90 Å². The average Bonchev–Trinajstić information content (AvgIpc) is 2.76. The number of likely N-dealkylation sites (tertiary alicyclic amines) is 1. The Morgan fingerprint density at radius 2 is 1.97 bits per heavy atom. The number of aliphatic hydroxyl groups excluding tert-OH is 1. The Bertz CT molecular complexity index is 869. The summed E-state index contributed by atoms with van der Waals surface area (Å²) in [5.74, 6) is 2.13. The SMILES string of the molecule is Cc1nc([C@H]2CCCN(CCO)C2)nc2c1CCC(=O)N2CCCc1ccccc1. The number of nitrogens with zero attached hydrogens (tertiary/aromatic N) is 4. The Labute approximate surface area is 179 Å². The molecule has 2 aliphatic heterocycles. The molecule has 1 N–H and O–H groups in total. The zero-order valence-electron chi connectivity index (χ0n) is 17.9. The molecule has 4 rings (SSSR count). The van der Waals surface area contributed by atoms with Crippen molar-refractivity contribution in [3.05, 3.63) is 53.0 Å². The molecule has 2 aromatic rings. The molecular weight excluding hydrogens is 376 g/mol. The maximum absolute atomic E-state index is 12.8. The van der Waals surface area contributed by atoms with Crippen molar-refractivity contribution in [1.29, 1.82) is 0 Å². The van der Waals surface area contributed by atoms with Crippen LogP contribution in [-0.2, 0) is 17.6 Å². The number of carbonyl (C=O) groups is 1. The van der Waals surface area contributed by atoms with Crippen LogP contribution in [0, 0.1) is 6.92 Å². The Morgan fingerprint density at radius 1 is 1.13 bits per heavy atom. The molecule has 30 heavy (non-hydrogen) atoms. The number of hydrogen-bond donors (Lipinski definition) is 1. The normalized spacial score (nSPS) is 19.7. The van der Waals surface area contributed by atoms with Gasteiger partial charge in [-0.2, -0.15) is 0 Å². The van der Waals surface area contributed by atoms with Crippen LogP contribution in [0.5, 0.6) is 0 Å². The van der Waals surface area contributed by atoms with E-state index in [1.807, 2.05) is 11.0 Å². The van der Waals surface area contributed by atoms with Crippen molar-refractivity contribution in [2.24, 2.45) is 0 Å². The quantitative estimate of drug-likeness (QED) is 0.763. The van der Waals surface area contributed by atoms with E-state index in [2.05, 4.69) is 36.1 Å². The Hall–Kier alpha value is -2.31. The van der Waals surface area contributed by atoms with E-state index in [0.29, 0.717) is 19.5 Å². The van der Waals surface area contributed by atoms with Crippen LogP contribution in [-0.4, -0.2) is 58.7 Å². The third-order valence-corrected chi connectivity index (χ3v) is 6.33. The second-order valence-electron chi connectivity index (χ2n) is 8.47. The first-order valence-corrected chi connectivity index (χ1v) is 11.2. The molecule has 0 saturated carbocycles. The van der Waals surface area contributed by atoms with Crippen molar-refractivity contribution >= 4 is 11.7 Å². The van der Waals surface area contributed by atoms with E-state index >= 15 is 0 Å². The number of carbonyl (C=O) groups excluding carboxylic acids is 1. The van der Waals surface area contributed by atoms with E-state index < -0.39 is 0 Å². The van der Waals surface area contributed by atoms with Gasteiger partial charge in [0.05, 0.1) is 6.61 Å². The molecule has 1 aromatic carbocycles. The largest absolute Gasteiger partial charge is 0.395 e. The molecule has 3 heterocycles. The Morgan fingerprint density at radius 3 is 2.77 bits per heavy atom. The zero-order chi connectivity index (χ0) is 20.9. The van der Waals surface area contributed by atoms with Crippen LogP contribution < -0.4 is 4.90 Å². The summed E-state index contributed by atoms with van der Waals surface area (Å²) in [7, 11) is 0. The molecule has 1 saturated heterocycles. The first-order chi connectivity index (χ1) is 14.7. The number of aromatic nitrogens is 2. The van der Waals surface area contributed by atoms with Gasteiger partial charge in [-0.15, -0.1) is 0 Å². The smallest absolute Gasteiger partial charge is 0.228 e. The number of rotatable bonds is 7. The van der Waals surface area contributed by atoms with Crippen molar-refractivity contribution in [1.82, 2.24) is 14.9 Å².